The Morgan fingerprint density at radius 3 is 2.43 bits per heavy atom. The summed E-state index contributed by atoms with van der Waals surface area (Å²) in [7, 11) is 0. The summed E-state index contributed by atoms with van der Waals surface area (Å²) in [6, 6.07) is 0. The molecule has 2 saturated carbocycles. The van der Waals surface area contributed by atoms with Crippen molar-refractivity contribution in [1.82, 2.24) is 0 Å². The minimum atomic E-state index is 0.292. The molecule has 2 rings (SSSR count). The van der Waals surface area contributed by atoms with E-state index in [0.717, 1.165) is 17.8 Å². The Morgan fingerprint density at radius 1 is 1.26 bits per heavy atom. The van der Waals surface area contributed by atoms with Crippen LogP contribution < -0.4 is 0 Å². The van der Waals surface area contributed by atoms with Gasteiger partial charge in [-0.25, -0.2) is 0 Å². The SMILES string of the molecule is C=C(C(C)C#CC(C)C)C(C)C(=CC)C1C2CC(C)(CCC)C21. The fourth-order valence-corrected chi connectivity index (χ4v) is 5.09. The second kappa shape index (κ2) is 6.88. The zero-order valence-corrected chi connectivity index (χ0v) is 16.4. The van der Waals surface area contributed by atoms with Crippen LogP contribution in [0.3, 0.4) is 0 Å². The van der Waals surface area contributed by atoms with Gasteiger partial charge in [-0.1, -0.05) is 76.7 Å². The number of fused-ring (bicyclic) bond motifs is 1. The molecule has 0 aliphatic heterocycles. The van der Waals surface area contributed by atoms with Crippen molar-refractivity contribution in [2.24, 2.45) is 40.9 Å². The molecule has 0 spiro atoms. The quantitative estimate of drug-likeness (QED) is 0.388. The predicted molar refractivity (Wildman–Crippen MR) is 102 cm³/mol. The van der Waals surface area contributed by atoms with E-state index in [9.17, 15) is 0 Å². The second-order valence-corrected chi connectivity index (χ2v) is 8.57. The molecule has 128 valence electrons. The maximum absolute atomic E-state index is 4.41. The molecular formula is C23H36. The van der Waals surface area contributed by atoms with Gasteiger partial charge in [0.05, 0.1) is 0 Å². The number of allylic oxidation sites excluding steroid dienone is 3. The molecule has 2 fully saturated rings. The smallest absolute Gasteiger partial charge is 0.0386 e. The first-order valence-electron chi connectivity index (χ1n) is 9.62. The highest BCUT2D eigenvalue weighted by molar-refractivity contribution is 5.34. The highest BCUT2D eigenvalue weighted by Gasteiger charge is 2.68. The van der Waals surface area contributed by atoms with Crippen LogP contribution in [0.4, 0.5) is 0 Å². The van der Waals surface area contributed by atoms with Gasteiger partial charge in [0.1, 0.15) is 0 Å². The molecule has 0 heteroatoms. The summed E-state index contributed by atoms with van der Waals surface area (Å²) in [6.07, 6.45) is 6.54. The topological polar surface area (TPSA) is 0 Å². The highest BCUT2D eigenvalue weighted by Crippen LogP contribution is 2.75. The summed E-state index contributed by atoms with van der Waals surface area (Å²) in [5.41, 5.74) is 3.56. The lowest BCUT2D eigenvalue weighted by Crippen LogP contribution is -2.29. The lowest BCUT2D eigenvalue weighted by molar-refractivity contribution is 0.122. The average Bonchev–Trinajstić information content (AvgIpc) is 3.12. The summed E-state index contributed by atoms with van der Waals surface area (Å²) >= 11 is 0. The highest BCUT2D eigenvalue weighted by atomic mass is 14.7. The van der Waals surface area contributed by atoms with Gasteiger partial charge in [-0.3, -0.25) is 0 Å². The van der Waals surface area contributed by atoms with Gasteiger partial charge < -0.3 is 0 Å². The Kier molecular flexibility index (Phi) is 5.50. The van der Waals surface area contributed by atoms with E-state index in [1.165, 1.54) is 24.8 Å². The number of hydrogen-bond donors (Lipinski definition) is 0. The molecule has 0 nitrogen and oxygen atoms in total. The molecule has 0 bridgehead atoms. The van der Waals surface area contributed by atoms with Crippen LogP contribution in [0, 0.1) is 52.8 Å². The zero-order chi connectivity index (χ0) is 17.4. The molecule has 0 N–H and O–H groups in total. The van der Waals surface area contributed by atoms with Gasteiger partial charge in [-0.15, -0.1) is 0 Å². The maximum Gasteiger partial charge on any atom is 0.0386 e. The molecule has 23 heavy (non-hydrogen) atoms. The lowest BCUT2D eigenvalue weighted by atomic mass is 9.67. The van der Waals surface area contributed by atoms with Crippen molar-refractivity contribution in [2.75, 3.05) is 0 Å². The summed E-state index contributed by atoms with van der Waals surface area (Å²) in [5.74, 6) is 10.7. The van der Waals surface area contributed by atoms with E-state index in [-0.39, 0.29) is 0 Å². The van der Waals surface area contributed by atoms with Crippen LogP contribution in [0.2, 0.25) is 0 Å². The third-order valence-corrected chi connectivity index (χ3v) is 6.42. The monoisotopic (exact) mass is 312 g/mol. The van der Waals surface area contributed by atoms with E-state index in [0.29, 0.717) is 23.2 Å². The Morgan fingerprint density at radius 2 is 1.91 bits per heavy atom. The minimum absolute atomic E-state index is 0.292. The summed E-state index contributed by atoms with van der Waals surface area (Å²) in [4.78, 5) is 0. The van der Waals surface area contributed by atoms with Crippen molar-refractivity contribution in [2.45, 2.75) is 67.7 Å². The van der Waals surface area contributed by atoms with Crippen LogP contribution in [0.1, 0.15) is 67.7 Å². The van der Waals surface area contributed by atoms with Gasteiger partial charge in [0.2, 0.25) is 0 Å². The largest absolute Gasteiger partial charge is 0.0999 e. The average molecular weight is 313 g/mol. The summed E-state index contributed by atoms with van der Waals surface area (Å²) in [5, 5.41) is 0. The standard InChI is InChI=1S/C23H36/c1-9-13-23(8)14-20-21(22(20)23)19(10-2)18(7)17(6)16(5)12-11-15(3)4/h10,15-16,18,20-22H,6,9,13-14H2,1-5,7-8H3. The van der Waals surface area contributed by atoms with E-state index >= 15 is 0 Å². The second-order valence-electron chi connectivity index (χ2n) is 8.57. The van der Waals surface area contributed by atoms with Crippen molar-refractivity contribution < 1.29 is 0 Å². The summed E-state index contributed by atoms with van der Waals surface area (Å²) in [6.45, 7) is 20.3. The molecule has 2 aliphatic carbocycles. The van der Waals surface area contributed by atoms with Crippen LogP contribution in [-0.4, -0.2) is 0 Å². The number of rotatable bonds is 6. The van der Waals surface area contributed by atoms with Gasteiger partial charge in [-0.05, 0) is 55.8 Å². The van der Waals surface area contributed by atoms with Crippen molar-refractivity contribution in [3.63, 3.8) is 0 Å². The van der Waals surface area contributed by atoms with E-state index in [1.54, 1.807) is 5.57 Å². The van der Waals surface area contributed by atoms with E-state index in [4.69, 9.17) is 0 Å². The van der Waals surface area contributed by atoms with Crippen molar-refractivity contribution >= 4 is 0 Å². The van der Waals surface area contributed by atoms with Gasteiger partial charge in [0.15, 0.2) is 0 Å². The Balaban J connectivity index is 2.03. The molecule has 0 aromatic heterocycles. The van der Waals surface area contributed by atoms with E-state index in [1.807, 2.05) is 0 Å². The van der Waals surface area contributed by atoms with Gasteiger partial charge >= 0.3 is 0 Å². The molecule has 6 unspecified atom stereocenters. The first kappa shape index (κ1) is 18.4. The van der Waals surface area contributed by atoms with Crippen LogP contribution >= 0.6 is 0 Å². The van der Waals surface area contributed by atoms with Crippen LogP contribution in [0.5, 0.6) is 0 Å². The van der Waals surface area contributed by atoms with Crippen molar-refractivity contribution in [3.05, 3.63) is 23.8 Å². The predicted octanol–water partition coefficient (Wildman–Crippen LogP) is 6.49. The van der Waals surface area contributed by atoms with Gasteiger partial charge in [0, 0.05) is 11.8 Å². The van der Waals surface area contributed by atoms with Gasteiger partial charge in [0.25, 0.3) is 0 Å². The van der Waals surface area contributed by atoms with Crippen LogP contribution in [0.25, 0.3) is 0 Å². The molecule has 0 radical (unpaired) electrons. The fourth-order valence-electron chi connectivity index (χ4n) is 5.09. The van der Waals surface area contributed by atoms with E-state index < -0.39 is 0 Å². The molecule has 0 aromatic carbocycles. The molecule has 2 aliphatic rings. The first-order chi connectivity index (χ1) is 10.8. The molecule has 0 heterocycles. The third-order valence-electron chi connectivity index (χ3n) is 6.42. The lowest BCUT2D eigenvalue weighted by Gasteiger charge is -2.37. The Labute approximate surface area is 144 Å². The molecule has 6 atom stereocenters. The molecule has 0 saturated heterocycles. The first-order valence-corrected chi connectivity index (χ1v) is 9.62. The van der Waals surface area contributed by atoms with Crippen LogP contribution in [0.15, 0.2) is 23.8 Å². The molecule has 0 amide bonds. The zero-order valence-electron chi connectivity index (χ0n) is 16.4. The van der Waals surface area contributed by atoms with Gasteiger partial charge in [-0.2, -0.15) is 0 Å². The van der Waals surface area contributed by atoms with Crippen molar-refractivity contribution in [1.29, 1.82) is 0 Å². The van der Waals surface area contributed by atoms with E-state index in [2.05, 4.69) is 73.0 Å². The fraction of sp³-hybridized carbons (Fsp3) is 0.739. The minimum Gasteiger partial charge on any atom is -0.0999 e. The number of hydrogen-bond acceptors (Lipinski definition) is 0. The molecular weight excluding hydrogens is 276 g/mol. The van der Waals surface area contributed by atoms with Crippen LogP contribution in [-0.2, 0) is 0 Å². The van der Waals surface area contributed by atoms with Crippen molar-refractivity contribution in [3.8, 4) is 11.8 Å². The Hall–Kier alpha value is -0.960. The molecule has 0 aromatic rings. The Bertz CT molecular complexity index is 538. The maximum atomic E-state index is 4.41. The third kappa shape index (κ3) is 3.45. The normalized spacial score (nSPS) is 34.8. The summed E-state index contributed by atoms with van der Waals surface area (Å²) < 4.78 is 0.